The molecule has 3 nitrogen and oxygen atoms in total. The highest BCUT2D eigenvalue weighted by atomic mass is 79.9. The van der Waals surface area contributed by atoms with Crippen LogP contribution in [0.25, 0.3) is 0 Å². The first kappa shape index (κ1) is 10.1. The first-order valence-electron chi connectivity index (χ1n) is 4.45. The summed E-state index contributed by atoms with van der Waals surface area (Å²) in [5, 5.41) is 0. The van der Waals surface area contributed by atoms with Crippen molar-refractivity contribution in [3.63, 3.8) is 0 Å². The van der Waals surface area contributed by atoms with E-state index in [0.29, 0.717) is 6.54 Å². The van der Waals surface area contributed by atoms with E-state index in [0.717, 1.165) is 16.8 Å². The van der Waals surface area contributed by atoms with E-state index in [-0.39, 0.29) is 11.9 Å². The van der Waals surface area contributed by atoms with E-state index in [1.807, 2.05) is 6.07 Å². The molecule has 2 heterocycles. The summed E-state index contributed by atoms with van der Waals surface area (Å²) < 4.78 is 1.14. The number of thiophene rings is 1. The molecule has 0 bridgehead atoms. The van der Waals surface area contributed by atoms with Gasteiger partial charge in [0.15, 0.2) is 0 Å². The Morgan fingerprint density at radius 2 is 2.43 bits per heavy atom. The summed E-state index contributed by atoms with van der Waals surface area (Å²) >= 11 is 5.12. The molecule has 1 saturated heterocycles. The van der Waals surface area contributed by atoms with Crippen LogP contribution < -0.4 is 5.73 Å². The Kier molecular flexibility index (Phi) is 2.90. The molecule has 0 saturated carbocycles. The number of hydrogen-bond donors (Lipinski definition) is 1. The highest BCUT2D eigenvalue weighted by Crippen LogP contribution is 2.23. The van der Waals surface area contributed by atoms with Gasteiger partial charge < -0.3 is 10.6 Å². The largest absolute Gasteiger partial charge is 0.339 e. The van der Waals surface area contributed by atoms with Crippen LogP contribution in [0.2, 0.25) is 0 Å². The monoisotopic (exact) mass is 274 g/mol. The molecule has 1 aromatic rings. The molecule has 2 rings (SSSR count). The third kappa shape index (κ3) is 1.99. The van der Waals surface area contributed by atoms with Gasteiger partial charge in [0.25, 0.3) is 0 Å². The molecule has 76 valence electrons. The van der Waals surface area contributed by atoms with E-state index >= 15 is 0 Å². The summed E-state index contributed by atoms with van der Waals surface area (Å²) in [6, 6.07) is 3.87. The molecule has 0 aliphatic carbocycles. The number of carbonyl (C=O) groups excluding carboxylic acids is 1. The highest BCUT2D eigenvalue weighted by molar-refractivity contribution is 9.11. The van der Waals surface area contributed by atoms with Crippen molar-refractivity contribution in [1.29, 1.82) is 0 Å². The number of rotatable bonds is 3. The number of likely N-dealkylation sites (tertiary alicyclic amines) is 1. The van der Waals surface area contributed by atoms with Crippen LogP contribution in [0.3, 0.4) is 0 Å². The van der Waals surface area contributed by atoms with Crippen LogP contribution >= 0.6 is 27.3 Å². The van der Waals surface area contributed by atoms with Crippen LogP contribution in [-0.2, 0) is 11.2 Å². The molecule has 1 amide bonds. The van der Waals surface area contributed by atoms with Gasteiger partial charge in [-0.1, -0.05) is 0 Å². The Hall–Kier alpha value is -0.390. The van der Waals surface area contributed by atoms with Crippen LogP contribution in [0.4, 0.5) is 0 Å². The van der Waals surface area contributed by atoms with Gasteiger partial charge in [0.05, 0.1) is 3.79 Å². The standard InChI is InChI=1S/C9H11BrN2OS/c10-8-2-1-6(14-8)3-4-12-5-7(11)9(12)13/h1-2,7H,3-5,11H2. The van der Waals surface area contributed by atoms with Gasteiger partial charge in [-0.25, -0.2) is 0 Å². The smallest absolute Gasteiger partial charge is 0.241 e. The minimum Gasteiger partial charge on any atom is -0.339 e. The molecule has 1 fully saturated rings. The van der Waals surface area contributed by atoms with E-state index in [9.17, 15) is 4.79 Å². The SMILES string of the molecule is NC1CN(CCc2ccc(Br)s2)C1=O. The van der Waals surface area contributed by atoms with Crippen LogP contribution in [-0.4, -0.2) is 29.9 Å². The number of halogens is 1. The van der Waals surface area contributed by atoms with E-state index < -0.39 is 0 Å². The molecule has 1 aliphatic rings. The number of amides is 1. The van der Waals surface area contributed by atoms with E-state index in [1.165, 1.54) is 4.88 Å². The molecular weight excluding hydrogens is 264 g/mol. The molecule has 1 aromatic heterocycles. The van der Waals surface area contributed by atoms with E-state index in [4.69, 9.17) is 5.73 Å². The average Bonchev–Trinajstić information content (AvgIpc) is 2.58. The third-order valence-electron chi connectivity index (χ3n) is 2.30. The molecule has 1 unspecified atom stereocenters. The van der Waals surface area contributed by atoms with E-state index in [2.05, 4.69) is 22.0 Å². The zero-order valence-electron chi connectivity index (χ0n) is 7.57. The summed E-state index contributed by atoms with van der Waals surface area (Å²) in [6.45, 7) is 1.50. The number of nitrogens with zero attached hydrogens (tertiary/aromatic N) is 1. The number of carbonyl (C=O) groups is 1. The van der Waals surface area contributed by atoms with Crippen molar-refractivity contribution in [3.05, 3.63) is 20.8 Å². The quantitative estimate of drug-likeness (QED) is 0.843. The fourth-order valence-electron chi connectivity index (χ4n) is 1.46. The zero-order chi connectivity index (χ0) is 10.1. The van der Waals surface area contributed by atoms with Crippen molar-refractivity contribution < 1.29 is 4.79 Å². The normalized spacial score (nSPS) is 21.1. The van der Waals surface area contributed by atoms with Crippen LogP contribution in [0.15, 0.2) is 15.9 Å². The molecule has 1 atom stereocenters. The molecule has 0 spiro atoms. The van der Waals surface area contributed by atoms with Crippen molar-refractivity contribution >= 4 is 33.2 Å². The lowest BCUT2D eigenvalue weighted by atomic mass is 10.1. The molecule has 0 radical (unpaired) electrons. The molecule has 1 aliphatic heterocycles. The van der Waals surface area contributed by atoms with Crippen molar-refractivity contribution in [1.82, 2.24) is 4.90 Å². The fourth-order valence-corrected chi connectivity index (χ4v) is 2.93. The van der Waals surface area contributed by atoms with E-state index in [1.54, 1.807) is 16.2 Å². The Morgan fingerprint density at radius 3 is 2.93 bits per heavy atom. The third-order valence-corrected chi connectivity index (χ3v) is 3.99. The molecule has 2 N–H and O–H groups in total. The van der Waals surface area contributed by atoms with Gasteiger partial charge in [0.2, 0.25) is 5.91 Å². The average molecular weight is 275 g/mol. The van der Waals surface area contributed by atoms with Gasteiger partial charge >= 0.3 is 0 Å². The lowest BCUT2D eigenvalue weighted by molar-refractivity contribution is -0.142. The number of hydrogen-bond acceptors (Lipinski definition) is 3. The summed E-state index contributed by atoms with van der Waals surface area (Å²) in [7, 11) is 0. The van der Waals surface area contributed by atoms with Crippen molar-refractivity contribution in [2.45, 2.75) is 12.5 Å². The lowest BCUT2D eigenvalue weighted by Crippen LogP contribution is -2.61. The molecule has 14 heavy (non-hydrogen) atoms. The molecule has 5 heteroatoms. The minimum absolute atomic E-state index is 0.0839. The Morgan fingerprint density at radius 1 is 1.64 bits per heavy atom. The summed E-state index contributed by atoms with van der Waals surface area (Å²) in [5.74, 6) is 0.0839. The Bertz CT molecular complexity index is 352. The predicted octanol–water partition coefficient (Wildman–Crippen LogP) is 1.22. The van der Waals surface area contributed by atoms with Gasteiger partial charge in [0, 0.05) is 18.0 Å². The van der Waals surface area contributed by atoms with Crippen molar-refractivity contribution in [2.24, 2.45) is 5.73 Å². The second-order valence-electron chi connectivity index (χ2n) is 3.35. The van der Waals surface area contributed by atoms with Gasteiger partial charge in [-0.05, 0) is 34.5 Å². The second-order valence-corrected chi connectivity index (χ2v) is 5.89. The van der Waals surface area contributed by atoms with Crippen LogP contribution in [0.5, 0.6) is 0 Å². The first-order valence-corrected chi connectivity index (χ1v) is 6.06. The fraction of sp³-hybridized carbons (Fsp3) is 0.444. The second kappa shape index (κ2) is 4.00. The molecular formula is C9H11BrN2OS. The Labute approximate surface area is 95.0 Å². The van der Waals surface area contributed by atoms with Gasteiger partial charge in [-0.3, -0.25) is 4.79 Å². The predicted molar refractivity (Wildman–Crippen MR) is 60.3 cm³/mol. The maximum Gasteiger partial charge on any atom is 0.241 e. The van der Waals surface area contributed by atoms with Crippen molar-refractivity contribution in [3.8, 4) is 0 Å². The minimum atomic E-state index is -0.245. The number of β-lactam (4-membered cyclic amide) rings is 1. The Balaban J connectivity index is 1.81. The summed E-state index contributed by atoms with van der Waals surface area (Å²) in [4.78, 5) is 14.3. The van der Waals surface area contributed by atoms with Gasteiger partial charge in [-0.15, -0.1) is 11.3 Å². The molecule has 0 aromatic carbocycles. The first-order chi connectivity index (χ1) is 6.66. The number of nitrogens with two attached hydrogens (primary N) is 1. The van der Waals surface area contributed by atoms with Crippen LogP contribution in [0.1, 0.15) is 4.88 Å². The van der Waals surface area contributed by atoms with Crippen molar-refractivity contribution in [2.75, 3.05) is 13.1 Å². The summed E-state index contributed by atoms with van der Waals surface area (Å²) in [6.07, 6.45) is 0.925. The van der Waals surface area contributed by atoms with Gasteiger partial charge in [-0.2, -0.15) is 0 Å². The zero-order valence-corrected chi connectivity index (χ0v) is 9.97. The maximum absolute atomic E-state index is 11.2. The van der Waals surface area contributed by atoms with Gasteiger partial charge in [0.1, 0.15) is 6.04 Å². The highest BCUT2D eigenvalue weighted by Gasteiger charge is 2.32. The lowest BCUT2D eigenvalue weighted by Gasteiger charge is -2.36. The summed E-state index contributed by atoms with van der Waals surface area (Å²) in [5.41, 5.74) is 5.49. The maximum atomic E-state index is 11.2. The topological polar surface area (TPSA) is 46.3 Å². The van der Waals surface area contributed by atoms with Crippen LogP contribution in [0, 0.1) is 0 Å².